The number of rotatable bonds is 5. The molecule has 0 aliphatic carbocycles. The lowest BCUT2D eigenvalue weighted by Gasteiger charge is -2.29. The van der Waals surface area contributed by atoms with Crippen LogP contribution in [0.4, 0.5) is 10.1 Å². The van der Waals surface area contributed by atoms with Crippen LogP contribution in [0.15, 0.2) is 18.2 Å². The molecule has 1 aromatic rings. The lowest BCUT2D eigenvalue weighted by molar-refractivity contribution is 0.127. The van der Waals surface area contributed by atoms with Crippen molar-refractivity contribution in [2.45, 2.75) is 18.4 Å². The minimum atomic E-state index is -0.493. The number of halogens is 1. The zero-order chi connectivity index (χ0) is 13.7. The molecular weight excluding hydrogens is 245 g/mol. The van der Waals surface area contributed by atoms with E-state index in [9.17, 15) is 4.39 Å². The van der Waals surface area contributed by atoms with E-state index in [1.54, 1.807) is 19.2 Å². The van der Waals surface area contributed by atoms with Crippen molar-refractivity contribution in [3.8, 4) is 6.07 Å². The van der Waals surface area contributed by atoms with Crippen LogP contribution in [0.1, 0.15) is 18.4 Å². The molecule has 1 unspecified atom stereocenters. The van der Waals surface area contributed by atoms with Gasteiger partial charge in [0.05, 0.1) is 17.8 Å². The Kier molecular flexibility index (Phi) is 4.35. The Morgan fingerprint density at radius 1 is 1.58 bits per heavy atom. The molecule has 0 spiro atoms. The molecule has 0 radical (unpaired) electrons. The summed E-state index contributed by atoms with van der Waals surface area (Å²) in [5.74, 6) is -0.493. The van der Waals surface area contributed by atoms with Crippen molar-refractivity contribution in [1.82, 2.24) is 5.32 Å². The van der Waals surface area contributed by atoms with Crippen molar-refractivity contribution < 1.29 is 9.13 Å². The zero-order valence-corrected chi connectivity index (χ0v) is 11.0. The maximum absolute atomic E-state index is 13.5. The molecule has 2 rings (SSSR count). The maximum atomic E-state index is 13.5. The van der Waals surface area contributed by atoms with Crippen LogP contribution in [0, 0.1) is 17.1 Å². The van der Waals surface area contributed by atoms with E-state index in [1.165, 1.54) is 6.07 Å². The Balaban J connectivity index is 2.10. The second-order valence-electron chi connectivity index (χ2n) is 4.87. The van der Waals surface area contributed by atoms with E-state index in [1.807, 2.05) is 6.07 Å². The Morgan fingerprint density at radius 2 is 2.42 bits per heavy atom. The fourth-order valence-corrected chi connectivity index (χ4v) is 2.52. The highest BCUT2D eigenvalue weighted by molar-refractivity contribution is 5.58. The summed E-state index contributed by atoms with van der Waals surface area (Å²) in [6, 6.07) is 6.51. The molecule has 0 aromatic heterocycles. The summed E-state index contributed by atoms with van der Waals surface area (Å²) in [4.78, 5) is 0. The van der Waals surface area contributed by atoms with Crippen LogP contribution in [-0.4, -0.2) is 32.3 Å². The van der Waals surface area contributed by atoms with E-state index in [0.29, 0.717) is 18.8 Å². The van der Waals surface area contributed by atoms with Crippen LogP contribution in [0.2, 0.25) is 0 Å². The van der Waals surface area contributed by atoms with Crippen LogP contribution >= 0.6 is 0 Å². The van der Waals surface area contributed by atoms with Crippen LogP contribution in [-0.2, 0) is 4.74 Å². The van der Waals surface area contributed by atoms with E-state index in [-0.39, 0.29) is 11.1 Å². The summed E-state index contributed by atoms with van der Waals surface area (Å²) >= 11 is 0. The number of nitriles is 1. The van der Waals surface area contributed by atoms with Gasteiger partial charge in [-0.2, -0.15) is 5.26 Å². The Morgan fingerprint density at radius 3 is 3.05 bits per heavy atom. The monoisotopic (exact) mass is 263 g/mol. The van der Waals surface area contributed by atoms with Crippen LogP contribution in [0.25, 0.3) is 0 Å². The molecule has 1 saturated heterocycles. The van der Waals surface area contributed by atoms with Crippen molar-refractivity contribution in [3.63, 3.8) is 0 Å². The molecule has 1 aromatic carbocycles. The van der Waals surface area contributed by atoms with Gasteiger partial charge >= 0.3 is 0 Å². The summed E-state index contributed by atoms with van der Waals surface area (Å²) in [7, 11) is 1.67. The van der Waals surface area contributed by atoms with Crippen molar-refractivity contribution >= 4 is 5.69 Å². The third-order valence-electron chi connectivity index (χ3n) is 3.50. The number of hydrogen-bond donors (Lipinski definition) is 2. The molecule has 1 atom stereocenters. The highest BCUT2D eigenvalue weighted by Gasteiger charge is 2.33. The normalized spacial score (nSPS) is 22.2. The van der Waals surface area contributed by atoms with Crippen LogP contribution < -0.4 is 10.6 Å². The molecule has 5 heteroatoms. The largest absolute Gasteiger partial charge is 0.383 e. The second kappa shape index (κ2) is 6.00. The SMILES string of the molecule is COCC1(CNc2cccc(F)c2C#N)CCCN1. The van der Waals surface area contributed by atoms with Gasteiger partial charge in [-0.05, 0) is 31.5 Å². The van der Waals surface area contributed by atoms with Crippen LogP contribution in [0.5, 0.6) is 0 Å². The predicted molar refractivity (Wildman–Crippen MR) is 71.4 cm³/mol. The minimum absolute atomic E-state index is 0.0630. The average molecular weight is 263 g/mol. The van der Waals surface area contributed by atoms with E-state index in [4.69, 9.17) is 10.00 Å². The Labute approximate surface area is 112 Å². The molecule has 2 N–H and O–H groups in total. The van der Waals surface area contributed by atoms with Gasteiger partial charge in [-0.15, -0.1) is 0 Å². The first-order valence-corrected chi connectivity index (χ1v) is 6.37. The maximum Gasteiger partial charge on any atom is 0.143 e. The number of anilines is 1. The Bertz CT molecular complexity index is 478. The van der Waals surface area contributed by atoms with Gasteiger partial charge in [0.25, 0.3) is 0 Å². The molecular formula is C14H18FN3O. The van der Waals surface area contributed by atoms with Crippen molar-refractivity contribution in [2.75, 3.05) is 32.1 Å². The van der Waals surface area contributed by atoms with E-state index >= 15 is 0 Å². The van der Waals surface area contributed by atoms with Gasteiger partial charge in [0.15, 0.2) is 0 Å². The fourth-order valence-electron chi connectivity index (χ4n) is 2.52. The summed E-state index contributed by atoms with van der Waals surface area (Å²) in [5, 5.41) is 15.6. The lowest BCUT2D eigenvalue weighted by atomic mass is 9.98. The third kappa shape index (κ3) is 3.03. The highest BCUT2D eigenvalue weighted by Crippen LogP contribution is 2.23. The summed E-state index contributed by atoms with van der Waals surface area (Å²) in [6.07, 6.45) is 2.10. The molecule has 1 heterocycles. The number of nitrogens with zero attached hydrogens (tertiary/aromatic N) is 1. The lowest BCUT2D eigenvalue weighted by Crippen LogP contribution is -2.49. The van der Waals surface area contributed by atoms with Crippen LogP contribution in [0.3, 0.4) is 0 Å². The molecule has 4 nitrogen and oxygen atoms in total. The van der Waals surface area contributed by atoms with Gasteiger partial charge in [0.2, 0.25) is 0 Å². The molecule has 102 valence electrons. The third-order valence-corrected chi connectivity index (χ3v) is 3.50. The first-order chi connectivity index (χ1) is 9.21. The second-order valence-corrected chi connectivity index (χ2v) is 4.87. The van der Waals surface area contributed by atoms with Gasteiger partial charge in [0, 0.05) is 13.7 Å². The smallest absolute Gasteiger partial charge is 0.143 e. The molecule has 0 amide bonds. The van der Waals surface area contributed by atoms with Gasteiger partial charge in [-0.1, -0.05) is 6.07 Å². The fraction of sp³-hybridized carbons (Fsp3) is 0.500. The molecule has 1 aliphatic rings. The van der Waals surface area contributed by atoms with Gasteiger partial charge in [-0.25, -0.2) is 4.39 Å². The number of ether oxygens (including phenoxy) is 1. The summed E-state index contributed by atoms with van der Waals surface area (Å²) in [6.45, 7) is 2.16. The average Bonchev–Trinajstić information content (AvgIpc) is 2.86. The highest BCUT2D eigenvalue weighted by atomic mass is 19.1. The molecule has 1 aliphatic heterocycles. The number of nitrogens with one attached hydrogen (secondary N) is 2. The Hall–Kier alpha value is -1.64. The quantitative estimate of drug-likeness (QED) is 0.851. The van der Waals surface area contributed by atoms with E-state index in [2.05, 4.69) is 10.6 Å². The van der Waals surface area contributed by atoms with Gasteiger partial charge < -0.3 is 15.4 Å². The van der Waals surface area contributed by atoms with E-state index in [0.717, 1.165) is 19.4 Å². The van der Waals surface area contributed by atoms with Crippen molar-refractivity contribution in [3.05, 3.63) is 29.6 Å². The topological polar surface area (TPSA) is 57.1 Å². The summed E-state index contributed by atoms with van der Waals surface area (Å²) in [5.41, 5.74) is 0.466. The van der Waals surface area contributed by atoms with Crippen molar-refractivity contribution in [1.29, 1.82) is 5.26 Å². The molecule has 19 heavy (non-hydrogen) atoms. The first-order valence-electron chi connectivity index (χ1n) is 6.37. The standard InChI is InChI=1S/C14H18FN3O/c1-19-10-14(6-3-7-18-14)9-17-13-5-2-4-12(15)11(13)8-16/h2,4-5,17-18H,3,6-7,9-10H2,1H3. The first kappa shape index (κ1) is 13.8. The summed E-state index contributed by atoms with van der Waals surface area (Å²) < 4.78 is 18.7. The van der Waals surface area contributed by atoms with Crippen molar-refractivity contribution in [2.24, 2.45) is 0 Å². The number of methoxy groups -OCH3 is 1. The molecule has 1 fully saturated rings. The van der Waals surface area contributed by atoms with E-state index < -0.39 is 5.82 Å². The predicted octanol–water partition coefficient (Wildman–Crippen LogP) is 1.88. The molecule has 0 bridgehead atoms. The molecule has 0 saturated carbocycles. The van der Waals surface area contributed by atoms with Gasteiger partial charge in [-0.3, -0.25) is 0 Å². The van der Waals surface area contributed by atoms with Gasteiger partial charge in [0.1, 0.15) is 17.4 Å². The number of hydrogen-bond acceptors (Lipinski definition) is 4. The zero-order valence-electron chi connectivity index (χ0n) is 11.0. The number of benzene rings is 1. The minimum Gasteiger partial charge on any atom is -0.383 e.